The van der Waals surface area contributed by atoms with Crippen molar-refractivity contribution in [3.63, 3.8) is 0 Å². The van der Waals surface area contributed by atoms with Gasteiger partial charge >= 0.3 is 0 Å². The smallest absolute Gasteiger partial charge is 0.135 e. The largest absolute Gasteiger partial charge is 0.318 e. The normalized spacial score (nSPS) is 17.3. The SMILES string of the molecule is Brc1ccc2c(c1)C1C=CC=NC1N2c1ccc(-c2cc(-c3ccccc3)cc(-c3ccccc3)n2)cc1. The zero-order valence-electron chi connectivity index (χ0n) is 20.6. The molecule has 2 unspecified atom stereocenters. The molecule has 38 heavy (non-hydrogen) atoms. The van der Waals surface area contributed by atoms with Gasteiger partial charge in [-0.1, -0.05) is 94.8 Å². The van der Waals surface area contributed by atoms with Crippen LogP contribution >= 0.6 is 15.9 Å². The lowest BCUT2D eigenvalue weighted by atomic mass is 9.97. The van der Waals surface area contributed by atoms with Gasteiger partial charge in [-0.15, -0.1) is 0 Å². The Morgan fingerprint density at radius 2 is 1.29 bits per heavy atom. The molecule has 4 heteroatoms. The summed E-state index contributed by atoms with van der Waals surface area (Å²) < 4.78 is 1.09. The number of halogens is 1. The van der Waals surface area contributed by atoms with Crippen LogP contribution in [0.1, 0.15) is 11.5 Å². The molecule has 3 nitrogen and oxygen atoms in total. The highest BCUT2D eigenvalue weighted by atomic mass is 79.9. The van der Waals surface area contributed by atoms with Crippen molar-refractivity contribution in [2.75, 3.05) is 4.90 Å². The fourth-order valence-corrected chi connectivity index (χ4v) is 5.84. The number of benzene rings is 4. The van der Waals surface area contributed by atoms with Gasteiger partial charge in [0.15, 0.2) is 0 Å². The minimum atomic E-state index is 0.0272. The number of nitrogens with zero attached hydrogens (tertiary/aromatic N) is 3. The number of aromatic nitrogens is 1. The molecular weight excluding hydrogens is 530 g/mol. The van der Waals surface area contributed by atoms with E-state index in [1.54, 1.807) is 0 Å². The molecule has 2 aliphatic rings. The van der Waals surface area contributed by atoms with E-state index in [9.17, 15) is 0 Å². The van der Waals surface area contributed by atoms with E-state index in [1.165, 1.54) is 16.8 Å². The van der Waals surface area contributed by atoms with Crippen molar-refractivity contribution in [2.24, 2.45) is 4.99 Å². The molecule has 0 saturated heterocycles. The van der Waals surface area contributed by atoms with E-state index in [1.807, 2.05) is 24.4 Å². The Hall–Kier alpha value is -4.28. The number of pyridine rings is 1. The van der Waals surface area contributed by atoms with Gasteiger partial charge in [0.25, 0.3) is 0 Å². The van der Waals surface area contributed by atoms with Gasteiger partial charge in [0.05, 0.1) is 11.4 Å². The molecule has 2 aliphatic heterocycles. The molecule has 2 atom stereocenters. The molecule has 0 aliphatic carbocycles. The molecular formula is C34H24BrN3. The molecule has 0 N–H and O–H groups in total. The van der Waals surface area contributed by atoms with Gasteiger partial charge in [0, 0.05) is 39.1 Å². The third kappa shape index (κ3) is 4.07. The van der Waals surface area contributed by atoms with Crippen molar-refractivity contribution in [2.45, 2.75) is 12.1 Å². The first-order chi connectivity index (χ1) is 18.7. The first kappa shape index (κ1) is 22.9. The highest BCUT2D eigenvalue weighted by Gasteiger charge is 2.38. The molecule has 0 amide bonds. The molecule has 3 heterocycles. The minimum Gasteiger partial charge on any atom is -0.318 e. The molecule has 7 rings (SSSR count). The summed E-state index contributed by atoms with van der Waals surface area (Å²) in [7, 11) is 0. The standard InChI is InChI=1S/C34H24BrN3/c35-27-15-18-33-30(22-27)29-12-7-19-36-34(29)38(33)28-16-13-25(14-17-28)32-21-26(23-8-3-1-4-9-23)20-31(37-32)24-10-5-2-6-11-24/h1-22,29,34H. The molecule has 0 spiro atoms. The van der Waals surface area contributed by atoms with E-state index in [-0.39, 0.29) is 12.1 Å². The van der Waals surface area contributed by atoms with Crippen LogP contribution in [0.2, 0.25) is 0 Å². The topological polar surface area (TPSA) is 28.5 Å². The predicted octanol–water partition coefficient (Wildman–Crippen LogP) is 9.05. The van der Waals surface area contributed by atoms with E-state index in [0.29, 0.717) is 0 Å². The number of allylic oxidation sites excluding steroid dienone is 1. The van der Waals surface area contributed by atoms with Crippen LogP contribution in [-0.4, -0.2) is 17.4 Å². The Kier molecular flexibility index (Phi) is 5.75. The molecule has 0 fully saturated rings. The maximum absolute atomic E-state index is 5.09. The minimum absolute atomic E-state index is 0.0272. The average Bonchev–Trinajstić information content (AvgIpc) is 3.31. The lowest BCUT2D eigenvalue weighted by molar-refractivity contribution is 0.659. The fraction of sp³-hybridized carbons (Fsp3) is 0.0588. The first-order valence-corrected chi connectivity index (χ1v) is 13.6. The van der Waals surface area contributed by atoms with Crippen LogP contribution < -0.4 is 4.90 Å². The quantitative estimate of drug-likeness (QED) is 0.222. The highest BCUT2D eigenvalue weighted by molar-refractivity contribution is 9.10. The summed E-state index contributed by atoms with van der Waals surface area (Å²) in [4.78, 5) is 12.3. The molecule has 0 saturated carbocycles. The average molecular weight is 554 g/mol. The molecule has 0 bridgehead atoms. The summed E-state index contributed by atoms with van der Waals surface area (Å²) in [5.74, 6) is 0.241. The summed E-state index contributed by atoms with van der Waals surface area (Å²) >= 11 is 3.65. The van der Waals surface area contributed by atoms with Crippen molar-refractivity contribution >= 4 is 33.5 Å². The van der Waals surface area contributed by atoms with E-state index in [2.05, 4.69) is 130 Å². The molecule has 1 aromatic heterocycles. The second kappa shape index (κ2) is 9.55. The summed E-state index contributed by atoms with van der Waals surface area (Å²) in [6, 6.07) is 40.5. The van der Waals surface area contributed by atoms with Crippen LogP contribution in [0.4, 0.5) is 11.4 Å². The summed E-state index contributed by atoms with van der Waals surface area (Å²) in [6.07, 6.45) is 6.24. The maximum Gasteiger partial charge on any atom is 0.135 e. The number of hydrogen-bond acceptors (Lipinski definition) is 3. The summed E-state index contributed by atoms with van der Waals surface area (Å²) in [5.41, 5.74) is 10.1. The molecule has 182 valence electrons. The number of dihydropyridines is 1. The monoisotopic (exact) mass is 553 g/mol. The molecule has 4 aromatic carbocycles. The second-order valence-electron chi connectivity index (χ2n) is 9.60. The van der Waals surface area contributed by atoms with Crippen LogP contribution in [-0.2, 0) is 0 Å². The highest BCUT2D eigenvalue weighted by Crippen LogP contribution is 2.48. The Morgan fingerprint density at radius 3 is 2.00 bits per heavy atom. The zero-order chi connectivity index (χ0) is 25.5. The Balaban J connectivity index is 1.30. The van der Waals surface area contributed by atoms with Gasteiger partial charge in [-0.2, -0.15) is 0 Å². The van der Waals surface area contributed by atoms with Crippen LogP contribution in [0.15, 0.2) is 137 Å². The maximum atomic E-state index is 5.09. The van der Waals surface area contributed by atoms with E-state index in [0.717, 1.165) is 38.2 Å². The number of anilines is 2. The zero-order valence-corrected chi connectivity index (χ0v) is 22.2. The molecule has 0 radical (unpaired) electrons. The number of aliphatic imine (C=N–C) groups is 1. The van der Waals surface area contributed by atoms with Crippen LogP contribution in [0.5, 0.6) is 0 Å². The van der Waals surface area contributed by atoms with Crippen molar-refractivity contribution in [1.29, 1.82) is 0 Å². The Labute approximate surface area is 231 Å². The lowest BCUT2D eigenvalue weighted by Crippen LogP contribution is -2.28. The number of fused-ring (bicyclic) bond motifs is 3. The van der Waals surface area contributed by atoms with Gasteiger partial charge in [0.2, 0.25) is 0 Å². The van der Waals surface area contributed by atoms with Gasteiger partial charge in [-0.3, -0.25) is 4.99 Å². The number of hydrogen-bond donors (Lipinski definition) is 0. The summed E-state index contributed by atoms with van der Waals surface area (Å²) in [5, 5.41) is 0. The van der Waals surface area contributed by atoms with Gasteiger partial charge in [0.1, 0.15) is 6.17 Å². The van der Waals surface area contributed by atoms with Gasteiger partial charge < -0.3 is 4.90 Å². The lowest BCUT2D eigenvalue weighted by Gasteiger charge is -2.27. The fourth-order valence-electron chi connectivity index (χ4n) is 5.46. The Morgan fingerprint density at radius 1 is 0.632 bits per heavy atom. The molecule has 5 aromatic rings. The van der Waals surface area contributed by atoms with E-state index >= 15 is 0 Å². The van der Waals surface area contributed by atoms with Crippen molar-refractivity contribution in [1.82, 2.24) is 4.98 Å². The summed E-state index contributed by atoms with van der Waals surface area (Å²) in [6.45, 7) is 0. The number of rotatable bonds is 4. The Bertz CT molecular complexity index is 1620. The third-order valence-electron chi connectivity index (χ3n) is 7.28. The van der Waals surface area contributed by atoms with Gasteiger partial charge in [-0.25, -0.2) is 4.98 Å². The third-order valence-corrected chi connectivity index (χ3v) is 7.77. The van der Waals surface area contributed by atoms with Crippen LogP contribution in [0.3, 0.4) is 0 Å². The van der Waals surface area contributed by atoms with E-state index < -0.39 is 0 Å². The second-order valence-corrected chi connectivity index (χ2v) is 10.5. The van der Waals surface area contributed by atoms with E-state index in [4.69, 9.17) is 9.98 Å². The van der Waals surface area contributed by atoms with Gasteiger partial charge in [-0.05, 0) is 65.2 Å². The van der Waals surface area contributed by atoms with Crippen molar-refractivity contribution in [3.05, 3.63) is 137 Å². The van der Waals surface area contributed by atoms with Crippen molar-refractivity contribution < 1.29 is 0 Å². The first-order valence-electron chi connectivity index (χ1n) is 12.8. The van der Waals surface area contributed by atoms with Crippen LogP contribution in [0, 0.1) is 0 Å². The van der Waals surface area contributed by atoms with Crippen LogP contribution in [0.25, 0.3) is 33.6 Å². The predicted molar refractivity (Wildman–Crippen MR) is 161 cm³/mol. The van der Waals surface area contributed by atoms with Crippen molar-refractivity contribution in [3.8, 4) is 33.6 Å².